The first-order valence-corrected chi connectivity index (χ1v) is 12.6. The molecule has 7 heteroatoms. The minimum Gasteiger partial charge on any atom is -0.467 e. The highest BCUT2D eigenvalue weighted by Crippen LogP contribution is 2.27. The van der Waals surface area contributed by atoms with Gasteiger partial charge in [-0.15, -0.1) is 0 Å². The van der Waals surface area contributed by atoms with Crippen LogP contribution in [0.15, 0.2) is 109 Å². The van der Waals surface area contributed by atoms with E-state index < -0.39 is 24.0 Å². The van der Waals surface area contributed by atoms with Gasteiger partial charge in [0.2, 0.25) is 0 Å². The minimum atomic E-state index is -0.853. The standard InChI is InChI=1S/C32H30N2O5/c1-38-31(36)29(20-23-12-4-2-5-13-23)34-30(35)28-19-11-10-18-27(28)26-17-9-8-16-25(26)21-33-32(37)39-22-24-14-6-3-7-15-24/h2-19,29H,20-22H2,1H3,(H,33,37)(H,34,35). The monoisotopic (exact) mass is 522 g/mol. The van der Waals surface area contributed by atoms with E-state index in [0.29, 0.717) is 17.5 Å². The van der Waals surface area contributed by atoms with E-state index in [9.17, 15) is 14.4 Å². The predicted octanol–water partition coefficient (Wildman–Crippen LogP) is 5.29. The molecule has 0 saturated heterocycles. The number of esters is 1. The number of hydrogen-bond acceptors (Lipinski definition) is 5. The zero-order valence-electron chi connectivity index (χ0n) is 21.6. The average Bonchev–Trinajstić information content (AvgIpc) is 2.99. The van der Waals surface area contributed by atoms with Crippen LogP contribution in [0.3, 0.4) is 0 Å². The van der Waals surface area contributed by atoms with E-state index in [1.54, 1.807) is 12.1 Å². The Labute approximate surface area is 227 Å². The minimum absolute atomic E-state index is 0.168. The summed E-state index contributed by atoms with van der Waals surface area (Å²) in [6.45, 7) is 0.375. The van der Waals surface area contributed by atoms with E-state index in [-0.39, 0.29) is 13.2 Å². The van der Waals surface area contributed by atoms with Crippen molar-refractivity contribution in [1.29, 1.82) is 0 Å². The van der Waals surface area contributed by atoms with E-state index in [1.807, 2.05) is 97.1 Å². The Morgan fingerprint density at radius 1 is 0.718 bits per heavy atom. The molecular formula is C32H30N2O5. The van der Waals surface area contributed by atoms with Crippen LogP contribution in [0, 0.1) is 0 Å². The van der Waals surface area contributed by atoms with Crippen molar-refractivity contribution in [2.45, 2.75) is 25.6 Å². The summed E-state index contributed by atoms with van der Waals surface area (Å²) in [5.74, 6) is -0.926. The Morgan fingerprint density at radius 2 is 1.31 bits per heavy atom. The third kappa shape index (κ3) is 7.55. The summed E-state index contributed by atoms with van der Waals surface area (Å²) in [5.41, 5.74) is 4.46. The molecule has 4 aromatic carbocycles. The number of hydrogen-bond donors (Lipinski definition) is 2. The van der Waals surface area contributed by atoms with Crippen LogP contribution < -0.4 is 10.6 Å². The Hall–Kier alpha value is -4.91. The lowest BCUT2D eigenvalue weighted by Gasteiger charge is -2.19. The molecule has 4 rings (SSSR count). The van der Waals surface area contributed by atoms with E-state index in [1.165, 1.54) is 7.11 Å². The number of rotatable bonds is 10. The number of ether oxygens (including phenoxy) is 2. The molecule has 0 radical (unpaired) electrons. The maximum atomic E-state index is 13.4. The number of benzene rings is 4. The molecule has 0 aliphatic carbocycles. The van der Waals surface area contributed by atoms with E-state index in [2.05, 4.69) is 10.6 Å². The molecular weight excluding hydrogens is 492 g/mol. The van der Waals surface area contributed by atoms with Crippen LogP contribution in [0.25, 0.3) is 11.1 Å². The first-order chi connectivity index (χ1) is 19.0. The van der Waals surface area contributed by atoms with Crippen molar-refractivity contribution in [3.63, 3.8) is 0 Å². The second-order valence-corrected chi connectivity index (χ2v) is 8.86. The molecule has 2 amide bonds. The first kappa shape index (κ1) is 27.1. The Kier molecular flexibility index (Phi) is 9.45. The third-order valence-electron chi connectivity index (χ3n) is 6.19. The number of carbonyl (C=O) groups is 3. The van der Waals surface area contributed by atoms with Gasteiger partial charge in [-0.25, -0.2) is 9.59 Å². The van der Waals surface area contributed by atoms with Gasteiger partial charge in [0, 0.05) is 18.5 Å². The predicted molar refractivity (Wildman–Crippen MR) is 149 cm³/mol. The first-order valence-electron chi connectivity index (χ1n) is 12.6. The van der Waals surface area contributed by atoms with Gasteiger partial charge in [0.15, 0.2) is 0 Å². The third-order valence-corrected chi connectivity index (χ3v) is 6.19. The number of methoxy groups -OCH3 is 1. The van der Waals surface area contributed by atoms with Gasteiger partial charge in [0.1, 0.15) is 12.6 Å². The van der Waals surface area contributed by atoms with Gasteiger partial charge in [0.05, 0.1) is 7.11 Å². The lowest BCUT2D eigenvalue weighted by Crippen LogP contribution is -2.43. The zero-order valence-corrected chi connectivity index (χ0v) is 21.6. The summed E-state index contributed by atoms with van der Waals surface area (Å²) in [5, 5.41) is 5.63. The zero-order chi connectivity index (χ0) is 27.5. The second-order valence-electron chi connectivity index (χ2n) is 8.86. The van der Waals surface area contributed by atoms with Gasteiger partial charge in [-0.05, 0) is 33.9 Å². The summed E-state index contributed by atoms with van der Waals surface area (Å²) in [6.07, 6.45) is -0.242. The maximum absolute atomic E-state index is 13.4. The van der Waals surface area contributed by atoms with E-state index in [0.717, 1.165) is 22.3 Å². The molecule has 0 fully saturated rings. The quantitative estimate of drug-likeness (QED) is 0.276. The lowest BCUT2D eigenvalue weighted by atomic mass is 9.94. The maximum Gasteiger partial charge on any atom is 0.407 e. The highest BCUT2D eigenvalue weighted by atomic mass is 16.5. The summed E-state index contributed by atoms with van der Waals surface area (Å²) in [4.78, 5) is 38.3. The average molecular weight is 523 g/mol. The Balaban J connectivity index is 1.49. The van der Waals surface area contributed by atoms with Crippen LogP contribution in [-0.2, 0) is 33.8 Å². The molecule has 2 N–H and O–H groups in total. The lowest BCUT2D eigenvalue weighted by molar-refractivity contribution is -0.142. The molecule has 4 aromatic rings. The van der Waals surface area contributed by atoms with E-state index >= 15 is 0 Å². The van der Waals surface area contributed by atoms with Crippen molar-refractivity contribution in [2.24, 2.45) is 0 Å². The van der Waals surface area contributed by atoms with Crippen molar-refractivity contribution in [1.82, 2.24) is 10.6 Å². The van der Waals surface area contributed by atoms with Crippen molar-refractivity contribution >= 4 is 18.0 Å². The summed E-state index contributed by atoms with van der Waals surface area (Å²) < 4.78 is 10.3. The van der Waals surface area contributed by atoms with Gasteiger partial charge in [-0.3, -0.25) is 4.79 Å². The fraction of sp³-hybridized carbons (Fsp3) is 0.156. The molecule has 1 unspecified atom stereocenters. The molecule has 0 aliphatic rings. The Bertz CT molecular complexity index is 1410. The SMILES string of the molecule is COC(=O)C(Cc1ccccc1)NC(=O)c1ccccc1-c1ccccc1CNC(=O)OCc1ccccc1. The highest BCUT2D eigenvalue weighted by Gasteiger charge is 2.24. The number of nitrogens with one attached hydrogen (secondary N) is 2. The number of amides is 2. The molecule has 7 nitrogen and oxygen atoms in total. The van der Waals surface area contributed by atoms with Gasteiger partial charge < -0.3 is 20.1 Å². The summed E-state index contributed by atoms with van der Waals surface area (Å²) in [6, 6.07) is 32.7. The van der Waals surface area contributed by atoms with Crippen LogP contribution >= 0.6 is 0 Å². The normalized spacial score (nSPS) is 11.2. The molecule has 0 aromatic heterocycles. The molecule has 0 saturated carbocycles. The van der Waals surface area contributed by atoms with Crippen LogP contribution in [0.1, 0.15) is 27.0 Å². The number of alkyl carbamates (subject to hydrolysis) is 1. The van der Waals surface area contributed by atoms with Crippen LogP contribution in [-0.4, -0.2) is 31.1 Å². The summed E-state index contributed by atoms with van der Waals surface area (Å²) >= 11 is 0. The number of carbonyl (C=O) groups excluding carboxylic acids is 3. The smallest absolute Gasteiger partial charge is 0.407 e. The fourth-order valence-electron chi connectivity index (χ4n) is 4.22. The fourth-order valence-corrected chi connectivity index (χ4v) is 4.22. The van der Waals surface area contributed by atoms with Crippen LogP contribution in [0.5, 0.6) is 0 Å². The van der Waals surface area contributed by atoms with Crippen molar-refractivity contribution < 1.29 is 23.9 Å². The van der Waals surface area contributed by atoms with Gasteiger partial charge in [0.25, 0.3) is 5.91 Å². The van der Waals surface area contributed by atoms with E-state index in [4.69, 9.17) is 9.47 Å². The van der Waals surface area contributed by atoms with Gasteiger partial charge in [-0.1, -0.05) is 103 Å². The van der Waals surface area contributed by atoms with Crippen LogP contribution in [0.2, 0.25) is 0 Å². The molecule has 39 heavy (non-hydrogen) atoms. The molecule has 1 atom stereocenters. The molecule has 0 heterocycles. The molecule has 0 aliphatic heterocycles. The topological polar surface area (TPSA) is 93.7 Å². The molecule has 0 bridgehead atoms. The van der Waals surface area contributed by atoms with Crippen molar-refractivity contribution in [3.05, 3.63) is 131 Å². The largest absolute Gasteiger partial charge is 0.467 e. The second kappa shape index (κ2) is 13.6. The van der Waals surface area contributed by atoms with Gasteiger partial charge in [-0.2, -0.15) is 0 Å². The van der Waals surface area contributed by atoms with Crippen molar-refractivity contribution in [2.75, 3.05) is 7.11 Å². The van der Waals surface area contributed by atoms with Crippen molar-refractivity contribution in [3.8, 4) is 11.1 Å². The highest BCUT2D eigenvalue weighted by molar-refractivity contribution is 6.02. The Morgan fingerprint density at radius 3 is 2.00 bits per heavy atom. The molecule has 0 spiro atoms. The summed E-state index contributed by atoms with van der Waals surface area (Å²) in [7, 11) is 1.30. The molecule has 198 valence electrons. The van der Waals surface area contributed by atoms with Gasteiger partial charge >= 0.3 is 12.1 Å². The van der Waals surface area contributed by atoms with Crippen LogP contribution in [0.4, 0.5) is 4.79 Å².